The van der Waals surface area contributed by atoms with Crippen molar-refractivity contribution in [1.29, 1.82) is 0 Å². The Balaban J connectivity index is 1.44. The highest BCUT2D eigenvalue weighted by Gasteiger charge is 2.26. The second-order valence-corrected chi connectivity index (χ2v) is 6.48. The number of benzene rings is 2. The van der Waals surface area contributed by atoms with Gasteiger partial charge in [0.15, 0.2) is 6.61 Å². The molecule has 2 heterocycles. The molecule has 0 unspecified atom stereocenters. The van der Waals surface area contributed by atoms with Crippen LogP contribution in [0, 0.1) is 0 Å². The molecule has 0 spiro atoms. The molecule has 0 radical (unpaired) electrons. The second-order valence-electron chi connectivity index (χ2n) is 6.48. The van der Waals surface area contributed by atoms with Gasteiger partial charge >= 0.3 is 5.97 Å². The molecule has 0 saturated carbocycles. The molecule has 1 aliphatic rings. The summed E-state index contributed by atoms with van der Waals surface area (Å²) in [5, 5.41) is 3.91. The minimum Gasteiger partial charge on any atom is -0.497 e. The predicted octanol–water partition coefficient (Wildman–Crippen LogP) is 3.23. The van der Waals surface area contributed by atoms with E-state index in [-0.39, 0.29) is 18.4 Å². The van der Waals surface area contributed by atoms with E-state index in [1.807, 2.05) is 12.1 Å². The van der Waals surface area contributed by atoms with Crippen molar-refractivity contribution in [3.05, 3.63) is 60.0 Å². The van der Waals surface area contributed by atoms with Crippen LogP contribution < -0.4 is 9.64 Å². The number of carbonyl (C=O) groups excluding carboxylic acids is 2. The summed E-state index contributed by atoms with van der Waals surface area (Å²) in [6, 6.07) is 14.1. The molecule has 4 rings (SSSR count). The van der Waals surface area contributed by atoms with E-state index >= 15 is 0 Å². The molecule has 29 heavy (non-hydrogen) atoms. The van der Waals surface area contributed by atoms with Crippen LogP contribution >= 0.6 is 0 Å². The molecular weight excluding hydrogens is 374 g/mol. The van der Waals surface area contributed by atoms with Gasteiger partial charge in [0.25, 0.3) is 5.89 Å². The molecule has 2 aromatic carbocycles. The predicted molar refractivity (Wildman–Crippen MR) is 103 cm³/mol. The minimum absolute atomic E-state index is 0.00582. The van der Waals surface area contributed by atoms with Crippen LogP contribution in [0.2, 0.25) is 0 Å². The SMILES string of the molecule is COc1ccc(-c2noc(COC(=O)c3ccccc3N3CCCC3=O)n2)cc1. The van der Waals surface area contributed by atoms with Gasteiger partial charge in [-0.25, -0.2) is 4.79 Å². The first-order valence-corrected chi connectivity index (χ1v) is 9.19. The topological polar surface area (TPSA) is 94.8 Å². The maximum absolute atomic E-state index is 12.6. The van der Waals surface area contributed by atoms with Crippen LogP contribution in [-0.4, -0.2) is 35.7 Å². The van der Waals surface area contributed by atoms with Crippen LogP contribution in [0.15, 0.2) is 53.1 Å². The summed E-state index contributed by atoms with van der Waals surface area (Å²) in [5.74, 6) is 0.748. The summed E-state index contributed by atoms with van der Waals surface area (Å²) in [6.07, 6.45) is 1.26. The smallest absolute Gasteiger partial charge is 0.340 e. The van der Waals surface area contributed by atoms with E-state index in [1.54, 1.807) is 48.4 Å². The number of amides is 1. The number of para-hydroxylation sites is 1. The maximum atomic E-state index is 12.6. The van der Waals surface area contributed by atoms with Crippen molar-refractivity contribution in [2.45, 2.75) is 19.4 Å². The number of hydrogen-bond acceptors (Lipinski definition) is 7. The van der Waals surface area contributed by atoms with Gasteiger partial charge in [0, 0.05) is 18.5 Å². The summed E-state index contributed by atoms with van der Waals surface area (Å²) in [4.78, 5) is 30.5. The summed E-state index contributed by atoms with van der Waals surface area (Å²) < 4.78 is 15.6. The highest BCUT2D eigenvalue weighted by Crippen LogP contribution is 2.26. The molecule has 0 N–H and O–H groups in total. The first-order chi connectivity index (χ1) is 14.2. The molecule has 148 valence electrons. The average molecular weight is 393 g/mol. The van der Waals surface area contributed by atoms with Gasteiger partial charge in [-0.2, -0.15) is 4.98 Å². The third-order valence-corrected chi connectivity index (χ3v) is 4.63. The van der Waals surface area contributed by atoms with Crippen molar-refractivity contribution in [3.63, 3.8) is 0 Å². The van der Waals surface area contributed by atoms with Crippen molar-refractivity contribution in [1.82, 2.24) is 10.1 Å². The lowest BCUT2D eigenvalue weighted by molar-refractivity contribution is -0.117. The fourth-order valence-corrected chi connectivity index (χ4v) is 3.16. The van der Waals surface area contributed by atoms with Crippen LogP contribution in [0.25, 0.3) is 11.4 Å². The number of hydrogen-bond donors (Lipinski definition) is 0. The van der Waals surface area contributed by atoms with E-state index in [0.29, 0.717) is 30.0 Å². The molecule has 3 aromatic rings. The first-order valence-electron chi connectivity index (χ1n) is 9.19. The number of carbonyl (C=O) groups is 2. The van der Waals surface area contributed by atoms with Gasteiger partial charge < -0.3 is 18.9 Å². The second kappa shape index (κ2) is 8.14. The van der Waals surface area contributed by atoms with Crippen LogP contribution in [0.4, 0.5) is 5.69 Å². The summed E-state index contributed by atoms with van der Waals surface area (Å²) in [6.45, 7) is 0.433. The lowest BCUT2D eigenvalue weighted by Gasteiger charge is -2.18. The number of methoxy groups -OCH3 is 1. The Morgan fingerprint density at radius 3 is 2.69 bits per heavy atom. The Labute approximate surface area is 167 Å². The van der Waals surface area contributed by atoms with Crippen LogP contribution in [-0.2, 0) is 16.1 Å². The molecule has 0 aliphatic carbocycles. The van der Waals surface area contributed by atoms with Crippen molar-refractivity contribution in [3.8, 4) is 17.1 Å². The van der Waals surface area contributed by atoms with Gasteiger partial charge in [0.05, 0.1) is 18.4 Å². The standard InChI is InChI=1S/C21H19N3O5/c1-27-15-10-8-14(9-11-15)20-22-18(29-23-20)13-28-21(26)16-5-2-3-6-17(16)24-12-4-7-19(24)25/h2-3,5-6,8-11H,4,7,12-13H2,1H3. The zero-order valence-electron chi connectivity index (χ0n) is 15.8. The van der Waals surface area contributed by atoms with Gasteiger partial charge in [0.2, 0.25) is 11.7 Å². The number of anilines is 1. The zero-order valence-corrected chi connectivity index (χ0v) is 15.8. The van der Waals surface area contributed by atoms with Gasteiger partial charge in [-0.1, -0.05) is 17.3 Å². The molecular formula is C21H19N3O5. The fourth-order valence-electron chi connectivity index (χ4n) is 3.16. The molecule has 1 saturated heterocycles. The maximum Gasteiger partial charge on any atom is 0.340 e. The van der Waals surface area contributed by atoms with Gasteiger partial charge in [-0.15, -0.1) is 0 Å². The Morgan fingerprint density at radius 1 is 1.17 bits per heavy atom. The first kappa shape index (κ1) is 18.7. The Kier molecular flexibility index (Phi) is 5.24. The quantitative estimate of drug-likeness (QED) is 0.593. The van der Waals surface area contributed by atoms with Crippen LogP contribution in [0.5, 0.6) is 5.75 Å². The van der Waals surface area contributed by atoms with E-state index in [0.717, 1.165) is 17.7 Å². The number of rotatable bonds is 6. The molecule has 1 amide bonds. The van der Waals surface area contributed by atoms with Crippen molar-refractivity contribution >= 4 is 17.6 Å². The van der Waals surface area contributed by atoms with E-state index in [1.165, 1.54) is 0 Å². The van der Waals surface area contributed by atoms with E-state index < -0.39 is 5.97 Å². The number of ether oxygens (including phenoxy) is 2. The third kappa shape index (κ3) is 3.96. The lowest BCUT2D eigenvalue weighted by atomic mass is 10.1. The normalized spacial score (nSPS) is 13.6. The number of nitrogens with zero attached hydrogens (tertiary/aromatic N) is 3. The van der Waals surface area contributed by atoms with E-state index in [4.69, 9.17) is 14.0 Å². The summed E-state index contributed by atoms with van der Waals surface area (Å²) in [7, 11) is 1.59. The molecule has 0 bridgehead atoms. The van der Waals surface area contributed by atoms with Crippen molar-refractivity contribution in [2.24, 2.45) is 0 Å². The zero-order chi connectivity index (χ0) is 20.2. The van der Waals surface area contributed by atoms with Crippen molar-refractivity contribution < 1.29 is 23.6 Å². The summed E-state index contributed by atoms with van der Waals surface area (Å²) in [5.41, 5.74) is 1.65. The number of aromatic nitrogens is 2. The van der Waals surface area contributed by atoms with Gasteiger partial charge in [0.1, 0.15) is 5.75 Å². The molecule has 8 nitrogen and oxygen atoms in total. The molecule has 0 atom stereocenters. The van der Waals surface area contributed by atoms with Crippen LogP contribution in [0.1, 0.15) is 29.1 Å². The Hall–Kier alpha value is -3.68. The monoisotopic (exact) mass is 393 g/mol. The molecule has 8 heteroatoms. The largest absolute Gasteiger partial charge is 0.497 e. The fraction of sp³-hybridized carbons (Fsp3) is 0.238. The van der Waals surface area contributed by atoms with E-state index in [2.05, 4.69) is 10.1 Å². The average Bonchev–Trinajstić information content (AvgIpc) is 3.41. The van der Waals surface area contributed by atoms with Crippen LogP contribution in [0.3, 0.4) is 0 Å². The molecule has 1 aliphatic heterocycles. The highest BCUT2D eigenvalue weighted by atomic mass is 16.6. The van der Waals surface area contributed by atoms with Gasteiger partial charge in [-0.05, 0) is 42.8 Å². The van der Waals surface area contributed by atoms with E-state index in [9.17, 15) is 9.59 Å². The van der Waals surface area contributed by atoms with Gasteiger partial charge in [-0.3, -0.25) is 4.79 Å². The number of esters is 1. The molecule has 1 fully saturated rings. The Morgan fingerprint density at radius 2 is 1.97 bits per heavy atom. The van der Waals surface area contributed by atoms with Crippen molar-refractivity contribution in [2.75, 3.05) is 18.6 Å². The highest BCUT2D eigenvalue weighted by molar-refractivity contribution is 6.03. The Bertz CT molecular complexity index is 1030. The lowest BCUT2D eigenvalue weighted by Crippen LogP contribution is -2.26. The third-order valence-electron chi connectivity index (χ3n) is 4.63. The summed E-state index contributed by atoms with van der Waals surface area (Å²) >= 11 is 0. The molecule has 1 aromatic heterocycles. The minimum atomic E-state index is -0.551.